The van der Waals surface area contributed by atoms with Crippen LogP contribution in [0.1, 0.15) is 0 Å². The van der Waals surface area contributed by atoms with E-state index in [-0.39, 0.29) is 6.61 Å². The second-order valence-corrected chi connectivity index (χ2v) is 7.39. The summed E-state index contributed by atoms with van der Waals surface area (Å²) in [6.07, 6.45) is 0.928. The lowest BCUT2D eigenvalue weighted by atomic mass is 10.3. The molecule has 8 heteroatoms. The lowest BCUT2D eigenvalue weighted by Gasteiger charge is -2.13. The van der Waals surface area contributed by atoms with Gasteiger partial charge in [-0.05, 0) is 48.5 Å². The van der Waals surface area contributed by atoms with Crippen LogP contribution in [-0.2, 0) is 0 Å². The standard InChI is InChI=1S/C22H21N3O4S/c1-27-18-9-11-19(12-10-18)29-14-17(26)15-30-22-24-23-21(20-8-5-13-28-20)25(22)16-6-3-2-4-7-16/h2-13,17,26H,14-15H2,1H3/t17-/m1/s1. The van der Waals surface area contributed by atoms with Gasteiger partial charge in [0.15, 0.2) is 10.9 Å². The topological polar surface area (TPSA) is 82.5 Å². The first-order chi connectivity index (χ1) is 14.7. The monoisotopic (exact) mass is 423 g/mol. The summed E-state index contributed by atoms with van der Waals surface area (Å²) in [4.78, 5) is 0. The highest BCUT2D eigenvalue weighted by molar-refractivity contribution is 7.99. The first kappa shape index (κ1) is 20.1. The first-order valence-electron chi connectivity index (χ1n) is 9.37. The third-order valence-corrected chi connectivity index (χ3v) is 5.37. The van der Waals surface area contributed by atoms with Crippen molar-refractivity contribution in [3.05, 3.63) is 73.0 Å². The molecule has 2 heterocycles. The summed E-state index contributed by atoms with van der Waals surface area (Å²) in [6, 6.07) is 20.7. The summed E-state index contributed by atoms with van der Waals surface area (Å²) in [6.45, 7) is 0.170. The van der Waals surface area contributed by atoms with Crippen molar-refractivity contribution < 1.29 is 19.0 Å². The van der Waals surface area contributed by atoms with E-state index >= 15 is 0 Å². The van der Waals surface area contributed by atoms with Crippen molar-refractivity contribution in [2.75, 3.05) is 19.5 Å². The molecule has 154 valence electrons. The quantitative estimate of drug-likeness (QED) is 0.406. The maximum atomic E-state index is 10.4. The molecule has 0 aliphatic heterocycles. The van der Waals surface area contributed by atoms with Gasteiger partial charge in [0.1, 0.15) is 18.1 Å². The molecule has 1 N–H and O–H groups in total. The van der Waals surface area contributed by atoms with Crippen LogP contribution >= 0.6 is 11.8 Å². The van der Waals surface area contributed by atoms with Gasteiger partial charge in [0.05, 0.1) is 19.5 Å². The van der Waals surface area contributed by atoms with E-state index in [0.717, 1.165) is 11.4 Å². The number of para-hydroxylation sites is 1. The summed E-state index contributed by atoms with van der Waals surface area (Å²) < 4.78 is 18.2. The van der Waals surface area contributed by atoms with Gasteiger partial charge in [-0.2, -0.15) is 0 Å². The average Bonchev–Trinajstić information content (AvgIpc) is 3.47. The summed E-state index contributed by atoms with van der Waals surface area (Å²) in [5.41, 5.74) is 0.917. The fourth-order valence-electron chi connectivity index (χ4n) is 2.82. The van der Waals surface area contributed by atoms with Gasteiger partial charge in [0.2, 0.25) is 5.82 Å². The van der Waals surface area contributed by atoms with Gasteiger partial charge in [-0.1, -0.05) is 30.0 Å². The van der Waals surface area contributed by atoms with Gasteiger partial charge >= 0.3 is 0 Å². The second kappa shape index (κ2) is 9.51. The van der Waals surface area contributed by atoms with E-state index in [0.29, 0.717) is 28.2 Å². The van der Waals surface area contributed by atoms with Crippen LogP contribution in [0, 0.1) is 0 Å². The number of nitrogens with zero attached hydrogens (tertiary/aromatic N) is 3. The van der Waals surface area contributed by atoms with Crippen LogP contribution in [-0.4, -0.2) is 45.4 Å². The molecule has 0 bridgehead atoms. The minimum atomic E-state index is -0.676. The Morgan fingerprint density at radius 2 is 1.77 bits per heavy atom. The highest BCUT2D eigenvalue weighted by Crippen LogP contribution is 2.28. The average molecular weight is 423 g/mol. The minimum absolute atomic E-state index is 0.170. The molecule has 4 aromatic rings. The van der Waals surface area contributed by atoms with Gasteiger partial charge < -0.3 is 19.0 Å². The van der Waals surface area contributed by atoms with Crippen LogP contribution in [0.2, 0.25) is 0 Å². The number of methoxy groups -OCH3 is 1. The van der Waals surface area contributed by atoms with Crippen LogP contribution in [0.4, 0.5) is 0 Å². The molecule has 0 aliphatic carbocycles. The summed E-state index contributed by atoms with van der Waals surface area (Å²) in [5.74, 6) is 3.07. The van der Waals surface area contributed by atoms with E-state index in [1.54, 1.807) is 25.5 Å². The summed E-state index contributed by atoms with van der Waals surface area (Å²) >= 11 is 1.41. The van der Waals surface area contributed by atoms with Gasteiger partial charge in [0.25, 0.3) is 0 Å². The van der Waals surface area contributed by atoms with Crippen LogP contribution < -0.4 is 9.47 Å². The molecule has 1 atom stereocenters. The zero-order valence-electron chi connectivity index (χ0n) is 16.3. The number of hydrogen-bond donors (Lipinski definition) is 1. The number of aliphatic hydroxyl groups excluding tert-OH is 1. The molecule has 4 rings (SSSR count). The molecule has 0 spiro atoms. The smallest absolute Gasteiger partial charge is 0.205 e. The Morgan fingerprint density at radius 1 is 1.00 bits per heavy atom. The van der Waals surface area contributed by atoms with Crippen molar-refractivity contribution in [1.29, 1.82) is 0 Å². The molecular formula is C22H21N3O4S. The minimum Gasteiger partial charge on any atom is -0.497 e. The number of aliphatic hydroxyl groups is 1. The molecule has 2 aromatic carbocycles. The molecule has 7 nitrogen and oxygen atoms in total. The van der Waals surface area contributed by atoms with E-state index in [4.69, 9.17) is 13.9 Å². The lowest BCUT2D eigenvalue weighted by molar-refractivity contribution is 0.126. The largest absolute Gasteiger partial charge is 0.497 e. The normalized spacial score (nSPS) is 11.9. The van der Waals surface area contributed by atoms with Crippen LogP contribution in [0.25, 0.3) is 17.3 Å². The van der Waals surface area contributed by atoms with E-state index in [1.807, 2.05) is 59.2 Å². The fourth-order valence-corrected chi connectivity index (χ4v) is 3.68. The Morgan fingerprint density at radius 3 is 2.47 bits per heavy atom. The first-order valence-corrected chi connectivity index (χ1v) is 10.4. The number of thioether (sulfide) groups is 1. The number of aromatic nitrogens is 3. The SMILES string of the molecule is COc1ccc(OC[C@@H](O)CSc2nnc(-c3ccco3)n2-c2ccccc2)cc1. The maximum Gasteiger partial charge on any atom is 0.205 e. The number of benzene rings is 2. The number of hydrogen-bond acceptors (Lipinski definition) is 7. The molecule has 0 aliphatic rings. The van der Waals surface area contributed by atoms with E-state index in [2.05, 4.69) is 10.2 Å². The zero-order valence-corrected chi connectivity index (χ0v) is 17.2. The Hall–Kier alpha value is -3.23. The van der Waals surface area contributed by atoms with E-state index < -0.39 is 6.10 Å². The Kier molecular flexibility index (Phi) is 6.36. The van der Waals surface area contributed by atoms with Crippen molar-refractivity contribution in [2.45, 2.75) is 11.3 Å². The maximum absolute atomic E-state index is 10.4. The molecule has 0 fully saturated rings. The number of furan rings is 1. The summed E-state index contributed by atoms with van der Waals surface area (Å²) in [7, 11) is 1.61. The second-order valence-electron chi connectivity index (χ2n) is 6.41. The fraction of sp³-hybridized carbons (Fsp3) is 0.182. The Bertz CT molecular complexity index is 1050. The summed E-state index contributed by atoms with van der Waals surface area (Å²) in [5, 5.41) is 19.6. The Balaban J connectivity index is 1.44. The molecule has 0 saturated carbocycles. The lowest BCUT2D eigenvalue weighted by Crippen LogP contribution is -2.20. The van der Waals surface area contributed by atoms with Gasteiger partial charge in [-0.15, -0.1) is 10.2 Å². The molecule has 0 amide bonds. The van der Waals surface area contributed by atoms with Gasteiger partial charge in [0, 0.05) is 11.4 Å². The van der Waals surface area contributed by atoms with Crippen LogP contribution in [0.15, 0.2) is 82.6 Å². The van der Waals surface area contributed by atoms with Gasteiger partial charge in [-0.3, -0.25) is 4.57 Å². The molecule has 30 heavy (non-hydrogen) atoms. The molecular weight excluding hydrogens is 402 g/mol. The highest BCUT2D eigenvalue weighted by Gasteiger charge is 2.19. The van der Waals surface area contributed by atoms with Crippen LogP contribution in [0.3, 0.4) is 0 Å². The highest BCUT2D eigenvalue weighted by atomic mass is 32.2. The van der Waals surface area contributed by atoms with Crippen LogP contribution in [0.5, 0.6) is 11.5 Å². The molecule has 0 radical (unpaired) electrons. The zero-order chi connectivity index (χ0) is 20.8. The van der Waals surface area contributed by atoms with Crippen molar-refractivity contribution in [2.24, 2.45) is 0 Å². The molecule has 0 unspecified atom stereocenters. The Labute approximate surface area is 178 Å². The van der Waals surface area contributed by atoms with Gasteiger partial charge in [-0.25, -0.2) is 0 Å². The van der Waals surface area contributed by atoms with Crippen molar-refractivity contribution in [3.8, 4) is 28.8 Å². The number of ether oxygens (including phenoxy) is 2. The van der Waals surface area contributed by atoms with Crippen molar-refractivity contribution in [3.63, 3.8) is 0 Å². The predicted octanol–water partition coefficient (Wildman–Crippen LogP) is 4.07. The number of rotatable bonds is 9. The predicted molar refractivity (Wildman–Crippen MR) is 114 cm³/mol. The van der Waals surface area contributed by atoms with E-state index in [1.165, 1.54) is 11.8 Å². The third kappa shape index (κ3) is 4.67. The molecule has 0 saturated heterocycles. The van der Waals surface area contributed by atoms with E-state index in [9.17, 15) is 5.11 Å². The van der Waals surface area contributed by atoms with Crippen molar-refractivity contribution in [1.82, 2.24) is 14.8 Å². The van der Waals surface area contributed by atoms with Crippen molar-refractivity contribution >= 4 is 11.8 Å². The third-order valence-electron chi connectivity index (χ3n) is 4.30. The molecule has 2 aromatic heterocycles.